The maximum absolute atomic E-state index is 12.4. The van der Waals surface area contributed by atoms with Crippen LogP contribution in [0.1, 0.15) is 16.5 Å². The highest BCUT2D eigenvalue weighted by atomic mass is 32.2. The van der Waals surface area contributed by atoms with Crippen LogP contribution in [0.4, 0.5) is 0 Å². The van der Waals surface area contributed by atoms with Crippen LogP contribution in [0.2, 0.25) is 0 Å². The second kappa shape index (κ2) is 7.60. The lowest BCUT2D eigenvalue weighted by Crippen LogP contribution is -2.30. The summed E-state index contributed by atoms with van der Waals surface area (Å²) in [6.45, 7) is 0.909. The molecule has 2 aliphatic heterocycles. The minimum atomic E-state index is -0.0219. The Kier molecular flexibility index (Phi) is 5.03. The molecule has 0 radical (unpaired) electrons. The zero-order chi connectivity index (χ0) is 18.8. The number of amides is 1. The number of thioether (sulfide) groups is 1. The summed E-state index contributed by atoms with van der Waals surface area (Å²) >= 11 is 1.63. The fraction of sp³-hybridized carbons (Fsp3) is 0.350. The maximum Gasteiger partial charge on any atom is 0.233 e. The molecular formula is C20H21NO5S. The molecule has 0 bridgehead atoms. The first-order valence-corrected chi connectivity index (χ1v) is 9.76. The second-order valence-corrected chi connectivity index (χ2v) is 7.37. The summed E-state index contributed by atoms with van der Waals surface area (Å²) in [4.78, 5) is 14.4. The highest BCUT2D eigenvalue weighted by molar-refractivity contribution is 8.00. The van der Waals surface area contributed by atoms with E-state index in [-0.39, 0.29) is 18.1 Å². The van der Waals surface area contributed by atoms with Crippen LogP contribution in [-0.2, 0) is 11.2 Å². The van der Waals surface area contributed by atoms with Gasteiger partial charge < -0.3 is 23.8 Å². The fourth-order valence-corrected chi connectivity index (χ4v) is 4.53. The third-order valence-corrected chi connectivity index (χ3v) is 6.00. The minimum Gasteiger partial charge on any atom is -0.493 e. The van der Waals surface area contributed by atoms with E-state index in [2.05, 4.69) is 0 Å². The number of hydrogen-bond acceptors (Lipinski definition) is 6. The number of ether oxygens (including phenoxy) is 4. The van der Waals surface area contributed by atoms with E-state index in [1.165, 1.54) is 0 Å². The van der Waals surface area contributed by atoms with E-state index >= 15 is 0 Å². The van der Waals surface area contributed by atoms with E-state index in [1.54, 1.807) is 26.0 Å². The Balaban J connectivity index is 1.50. The van der Waals surface area contributed by atoms with Gasteiger partial charge in [0.25, 0.3) is 0 Å². The van der Waals surface area contributed by atoms with Gasteiger partial charge in [-0.25, -0.2) is 0 Å². The van der Waals surface area contributed by atoms with Crippen molar-refractivity contribution in [3.63, 3.8) is 0 Å². The molecule has 0 saturated carbocycles. The first-order chi connectivity index (χ1) is 13.2. The predicted molar refractivity (Wildman–Crippen MR) is 103 cm³/mol. The van der Waals surface area contributed by atoms with Crippen LogP contribution < -0.4 is 18.9 Å². The zero-order valence-electron chi connectivity index (χ0n) is 15.3. The summed E-state index contributed by atoms with van der Waals surface area (Å²) < 4.78 is 21.5. The van der Waals surface area contributed by atoms with Crippen LogP contribution in [-0.4, -0.2) is 44.1 Å². The van der Waals surface area contributed by atoms with Gasteiger partial charge in [0.2, 0.25) is 12.7 Å². The summed E-state index contributed by atoms with van der Waals surface area (Å²) in [5, 5.41) is -0.0219. The highest BCUT2D eigenvalue weighted by Gasteiger charge is 2.33. The normalized spacial score (nSPS) is 18.1. The van der Waals surface area contributed by atoms with E-state index in [0.717, 1.165) is 29.0 Å². The molecule has 0 N–H and O–H groups in total. The van der Waals surface area contributed by atoms with Gasteiger partial charge in [-0.1, -0.05) is 12.1 Å². The monoisotopic (exact) mass is 387 g/mol. The predicted octanol–water partition coefficient (Wildman–Crippen LogP) is 3.25. The smallest absolute Gasteiger partial charge is 0.233 e. The van der Waals surface area contributed by atoms with Gasteiger partial charge in [-0.15, -0.1) is 11.8 Å². The van der Waals surface area contributed by atoms with Crippen LogP contribution in [0.3, 0.4) is 0 Å². The Bertz CT molecular complexity index is 856. The van der Waals surface area contributed by atoms with E-state index in [0.29, 0.717) is 23.8 Å². The Morgan fingerprint density at radius 3 is 2.70 bits per heavy atom. The number of methoxy groups -OCH3 is 2. The van der Waals surface area contributed by atoms with Crippen molar-refractivity contribution >= 4 is 17.7 Å². The fourth-order valence-electron chi connectivity index (χ4n) is 3.32. The molecule has 1 fully saturated rings. The lowest BCUT2D eigenvalue weighted by Gasteiger charge is -2.25. The summed E-state index contributed by atoms with van der Waals surface area (Å²) in [6, 6.07) is 11.7. The van der Waals surface area contributed by atoms with Crippen molar-refractivity contribution in [1.29, 1.82) is 0 Å². The van der Waals surface area contributed by atoms with Crippen LogP contribution in [0.5, 0.6) is 23.0 Å². The molecule has 1 saturated heterocycles. The molecule has 27 heavy (non-hydrogen) atoms. The molecule has 142 valence electrons. The van der Waals surface area contributed by atoms with Gasteiger partial charge in [0, 0.05) is 6.54 Å². The summed E-state index contributed by atoms with van der Waals surface area (Å²) in [7, 11) is 3.23. The molecule has 2 heterocycles. The molecule has 4 rings (SSSR count). The Hall–Kier alpha value is -2.54. The van der Waals surface area contributed by atoms with Crippen LogP contribution >= 0.6 is 11.8 Å². The zero-order valence-corrected chi connectivity index (χ0v) is 16.1. The number of fused-ring (bicyclic) bond motifs is 1. The van der Waals surface area contributed by atoms with E-state index in [1.807, 2.05) is 41.3 Å². The number of hydrogen-bond donors (Lipinski definition) is 0. The standard InChI is InChI=1S/C20H21NO5S/c1-23-15-6-4-14(10-17(15)24-2)20-21(19(22)11-27-20)8-7-13-3-5-16-18(9-13)26-12-25-16/h3-6,9-10,20H,7-8,11-12H2,1-2H3. The molecule has 2 aromatic carbocycles. The molecule has 2 aromatic rings. The molecule has 0 spiro atoms. The molecule has 1 atom stereocenters. The number of carbonyl (C=O) groups is 1. The number of benzene rings is 2. The maximum atomic E-state index is 12.4. The van der Waals surface area contributed by atoms with Gasteiger partial charge in [-0.2, -0.15) is 0 Å². The Labute approximate surface area is 162 Å². The molecule has 0 aliphatic carbocycles. The summed E-state index contributed by atoms with van der Waals surface area (Å²) in [5.74, 6) is 3.54. The Morgan fingerprint density at radius 1 is 1.07 bits per heavy atom. The summed E-state index contributed by atoms with van der Waals surface area (Å²) in [5.41, 5.74) is 2.16. The highest BCUT2D eigenvalue weighted by Crippen LogP contribution is 2.41. The van der Waals surface area contributed by atoms with E-state index in [9.17, 15) is 4.79 Å². The third-order valence-electron chi connectivity index (χ3n) is 4.74. The average Bonchev–Trinajstić information content (AvgIpc) is 3.31. The van der Waals surface area contributed by atoms with Crippen molar-refractivity contribution < 1.29 is 23.7 Å². The molecule has 1 unspecified atom stereocenters. The van der Waals surface area contributed by atoms with Crippen molar-refractivity contribution in [2.75, 3.05) is 33.3 Å². The van der Waals surface area contributed by atoms with Gasteiger partial charge in [0.15, 0.2) is 23.0 Å². The Morgan fingerprint density at radius 2 is 1.89 bits per heavy atom. The van der Waals surface area contributed by atoms with Crippen LogP contribution in [0.15, 0.2) is 36.4 Å². The largest absolute Gasteiger partial charge is 0.493 e. The SMILES string of the molecule is COc1ccc(C2SCC(=O)N2CCc2ccc3c(c2)OCO3)cc1OC. The minimum absolute atomic E-state index is 0.0219. The lowest BCUT2D eigenvalue weighted by molar-refractivity contribution is -0.128. The molecule has 2 aliphatic rings. The van der Waals surface area contributed by atoms with E-state index < -0.39 is 0 Å². The quantitative estimate of drug-likeness (QED) is 0.758. The van der Waals surface area contributed by atoms with Crippen molar-refractivity contribution in [3.8, 4) is 23.0 Å². The topological polar surface area (TPSA) is 57.2 Å². The van der Waals surface area contributed by atoms with Gasteiger partial charge in [0.05, 0.1) is 20.0 Å². The molecule has 6 nitrogen and oxygen atoms in total. The molecule has 1 amide bonds. The molecular weight excluding hydrogens is 366 g/mol. The van der Waals surface area contributed by atoms with Crippen molar-refractivity contribution in [1.82, 2.24) is 4.90 Å². The van der Waals surface area contributed by atoms with Crippen molar-refractivity contribution in [2.24, 2.45) is 0 Å². The first kappa shape index (κ1) is 17.9. The molecule has 7 heteroatoms. The van der Waals surface area contributed by atoms with Crippen LogP contribution in [0.25, 0.3) is 0 Å². The van der Waals surface area contributed by atoms with Crippen molar-refractivity contribution in [3.05, 3.63) is 47.5 Å². The number of nitrogens with zero attached hydrogens (tertiary/aromatic N) is 1. The lowest BCUT2D eigenvalue weighted by atomic mass is 10.1. The second-order valence-electron chi connectivity index (χ2n) is 6.30. The van der Waals surface area contributed by atoms with Crippen LogP contribution in [0, 0.1) is 0 Å². The molecule has 0 aromatic heterocycles. The number of rotatable bonds is 6. The van der Waals surface area contributed by atoms with Gasteiger partial charge in [-0.05, 0) is 41.8 Å². The third kappa shape index (κ3) is 3.51. The van der Waals surface area contributed by atoms with E-state index in [4.69, 9.17) is 18.9 Å². The van der Waals surface area contributed by atoms with Gasteiger partial charge >= 0.3 is 0 Å². The number of carbonyl (C=O) groups excluding carboxylic acids is 1. The first-order valence-electron chi connectivity index (χ1n) is 8.71. The van der Waals surface area contributed by atoms with Crippen molar-refractivity contribution in [2.45, 2.75) is 11.8 Å². The average molecular weight is 387 g/mol. The van der Waals surface area contributed by atoms with Gasteiger partial charge in [0.1, 0.15) is 5.37 Å². The van der Waals surface area contributed by atoms with Gasteiger partial charge in [-0.3, -0.25) is 4.79 Å². The summed E-state index contributed by atoms with van der Waals surface area (Å²) in [6.07, 6.45) is 0.757.